The minimum atomic E-state index is 0. The molecule has 0 aromatic heterocycles. The van der Waals surface area contributed by atoms with Crippen molar-refractivity contribution in [1.82, 2.24) is 0 Å². The summed E-state index contributed by atoms with van der Waals surface area (Å²) in [4.78, 5) is 0. The Hall–Kier alpha value is 0.968. The van der Waals surface area contributed by atoms with Crippen LogP contribution in [0.15, 0.2) is 0 Å². The van der Waals surface area contributed by atoms with E-state index in [-0.39, 0.29) is 38.6 Å². The van der Waals surface area contributed by atoms with Crippen molar-refractivity contribution in [1.29, 1.82) is 0 Å². The fourth-order valence-electron chi connectivity index (χ4n) is 1.31. The van der Waals surface area contributed by atoms with E-state index in [0.29, 0.717) is 79.3 Å². The minimum Gasteiger partial charge on any atom is -0.511 e. The molecule has 0 rings (SSSR count). The molecular weight excluding hydrogens is 820 g/mol. The summed E-state index contributed by atoms with van der Waals surface area (Å²) < 4.78 is 39.5. The van der Waals surface area contributed by atoms with E-state index in [4.69, 9.17) is 37.9 Å². The van der Waals surface area contributed by atoms with Gasteiger partial charge in [0.05, 0.1) is 26.4 Å². The third-order valence-electron chi connectivity index (χ3n) is 2.61. The van der Waals surface area contributed by atoms with E-state index < -0.39 is 0 Å². The van der Waals surface area contributed by atoms with Crippen molar-refractivity contribution in [2.45, 2.75) is 27.7 Å². The van der Waals surface area contributed by atoms with Gasteiger partial charge in [-0.3, -0.25) is 0 Å². The summed E-state index contributed by atoms with van der Waals surface area (Å²) in [5, 5.41) is 0. The van der Waals surface area contributed by atoms with Crippen molar-refractivity contribution in [3.8, 4) is 0 Å². The molecule has 0 radical (unpaired) electrons. The van der Waals surface area contributed by atoms with Crippen LogP contribution in [0.3, 0.4) is 0 Å². The van der Waals surface area contributed by atoms with E-state index in [1.807, 2.05) is 27.7 Å². The second kappa shape index (κ2) is 44.0. The van der Waals surface area contributed by atoms with Crippen LogP contribution in [0.5, 0.6) is 0 Å². The largest absolute Gasteiger partial charge is 4.00 e. The molecule has 0 aliphatic carbocycles. The van der Waals surface area contributed by atoms with E-state index >= 15 is 0 Å². The first-order valence-electron chi connectivity index (χ1n) is 10.7. The quantitative estimate of drug-likeness (QED) is 0.129. The van der Waals surface area contributed by atoms with Gasteiger partial charge in [0.15, 0.2) is 0 Å². The number of thiocarbonyl (C=S) groups is 4. The first-order valence-corrected chi connectivity index (χ1v) is 14.0. The van der Waals surface area contributed by atoms with Gasteiger partial charge in [-0.15, -0.1) is 0 Å². The average Bonchev–Trinajstić information content (AvgIpc) is 2.81. The van der Waals surface area contributed by atoms with Gasteiger partial charge in [0.1, 0.15) is 26.4 Å². The molecule has 0 spiro atoms. The first-order chi connectivity index (χ1) is 17.1. The Balaban J connectivity index is -0.000000122. The van der Waals surface area contributed by atoms with Crippen molar-refractivity contribution in [3.63, 3.8) is 0 Å². The maximum absolute atomic E-state index is 4.95. The van der Waals surface area contributed by atoms with Gasteiger partial charge in [0.25, 0.3) is 0 Å². The van der Waals surface area contributed by atoms with Crippen LogP contribution in [0.25, 0.3) is 0 Å². The molecule has 0 bridgehead atoms. The molecule has 0 saturated heterocycles. The molecule has 0 heterocycles. The topological polar surface area (TPSA) is 73.8 Å². The number of ether oxygens (including phenoxy) is 8. The van der Waals surface area contributed by atoms with Crippen LogP contribution in [-0.2, 0) is 109 Å². The first kappa shape index (κ1) is 47.7. The SMILES string of the molecule is CCOCCOC(=S)[S-].CCOCCOC(=S)[S-].CCOCCOC(=S)[S-].CCOCCOC(=S)[S-].[Pt+4]. The predicted molar refractivity (Wildman–Crippen MR) is 170 cm³/mol. The zero-order valence-corrected chi connectivity index (χ0v) is 30.1. The van der Waals surface area contributed by atoms with Crippen molar-refractivity contribution in [2.75, 3.05) is 79.3 Å². The van der Waals surface area contributed by atoms with E-state index in [2.05, 4.69) is 99.4 Å². The molecule has 0 atom stereocenters. The Kier molecular flexibility index (Phi) is 56.8. The van der Waals surface area contributed by atoms with Crippen molar-refractivity contribution in [3.05, 3.63) is 0 Å². The zero-order chi connectivity index (χ0) is 28.5. The summed E-state index contributed by atoms with van der Waals surface area (Å²) in [6.07, 6.45) is 0. The van der Waals surface area contributed by atoms with E-state index in [0.717, 1.165) is 0 Å². The van der Waals surface area contributed by atoms with Gasteiger partial charge in [-0.1, -0.05) is 0 Å². The summed E-state index contributed by atoms with van der Waals surface area (Å²) >= 11 is 35.9. The molecule has 0 aromatic rings. The fourth-order valence-corrected chi connectivity index (χ4v) is 1.98. The van der Waals surface area contributed by atoms with E-state index in [1.54, 1.807) is 0 Å². The number of rotatable bonds is 16. The van der Waals surface area contributed by atoms with Gasteiger partial charge >= 0.3 is 21.1 Å². The second-order valence-corrected chi connectivity index (χ2v) is 9.18. The van der Waals surface area contributed by atoms with Crippen LogP contribution >= 0.6 is 48.9 Å². The van der Waals surface area contributed by atoms with Gasteiger partial charge in [-0.2, -0.15) is 0 Å². The summed E-state index contributed by atoms with van der Waals surface area (Å²) in [6.45, 7) is 14.6. The van der Waals surface area contributed by atoms with Crippen LogP contribution in [0.4, 0.5) is 0 Å². The van der Waals surface area contributed by atoms with Gasteiger partial charge in [0, 0.05) is 44.0 Å². The summed E-state index contributed by atoms with van der Waals surface area (Å²) in [5.41, 5.74) is 0. The third kappa shape index (κ3) is 72.5. The molecule has 0 aliphatic rings. The maximum Gasteiger partial charge on any atom is 4.00 e. The Morgan fingerprint density at radius 1 is 0.405 bits per heavy atom. The molecule has 0 amide bonds. The monoisotopic (exact) mass is 855 g/mol. The Morgan fingerprint density at radius 2 is 0.568 bits per heavy atom. The summed E-state index contributed by atoms with van der Waals surface area (Å²) in [7, 11) is 0. The second-order valence-electron chi connectivity index (χ2n) is 5.18. The Morgan fingerprint density at radius 3 is 0.676 bits per heavy atom. The molecule has 8 nitrogen and oxygen atoms in total. The van der Waals surface area contributed by atoms with Crippen LogP contribution in [-0.4, -0.2) is 96.8 Å². The van der Waals surface area contributed by atoms with Crippen molar-refractivity contribution >= 4 is 117 Å². The minimum absolute atomic E-state index is 0. The molecule has 222 valence electrons. The smallest absolute Gasteiger partial charge is 0.511 e. The average molecular weight is 856 g/mol. The molecule has 0 saturated carbocycles. The third-order valence-corrected chi connectivity index (χ3v) is 3.55. The van der Waals surface area contributed by atoms with Crippen molar-refractivity contribution in [2.24, 2.45) is 0 Å². The molecule has 0 fully saturated rings. The Labute approximate surface area is 280 Å². The maximum atomic E-state index is 4.95. The van der Waals surface area contributed by atoms with Gasteiger partial charge < -0.3 is 137 Å². The van der Waals surface area contributed by atoms with Crippen LogP contribution in [0, 0.1) is 0 Å². The van der Waals surface area contributed by atoms with Gasteiger partial charge in [-0.25, -0.2) is 0 Å². The fraction of sp³-hybridized carbons (Fsp3) is 0.800. The molecule has 0 unspecified atom stereocenters. The zero-order valence-electron chi connectivity index (χ0n) is 21.3. The predicted octanol–water partition coefficient (Wildman–Crippen LogP) is 3.48. The van der Waals surface area contributed by atoms with E-state index in [1.165, 1.54) is 0 Å². The Bertz CT molecular complexity index is 435. The summed E-state index contributed by atoms with van der Waals surface area (Å²) in [6, 6.07) is 0. The standard InChI is InChI=1S/4C5H10O2S2.Pt/c4*1-2-6-3-4-7-5(8)9;/h4*2-4H2,1H3,(H,8,9);/q;;;;+4/p-4. The number of hydrogen-bond donors (Lipinski definition) is 0. The molecule has 17 heteroatoms. The van der Waals surface area contributed by atoms with Crippen LogP contribution in [0.1, 0.15) is 27.7 Å². The molecule has 0 N–H and O–H groups in total. The molecule has 0 aliphatic heterocycles. The van der Waals surface area contributed by atoms with Crippen LogP contribution < -0.4 is 0 Å². The van der Waals surface area contributed by atoms with Gasteiger partial charge in [-0.05, 0) is 27.7 Å². The summed E-state index contributed by atoms with van der Waals surface area (Å²) in [5.74, 6) is 0. The van der Waals surface area contributed by atoms with E-state index in [9.17, 15) is 0 Å². The van der Waals surface area contributed by atoms with Crippen LogP contribution in [0.2, 0.25) is 0 Å². The number of hydrogen-bond acceptors (Lipinski definition) is 16. The molecular formula is C20H36O8PtS8. The molecule has 37 heavy (non-hydrogen) atoms. The van der Waals surface area contributed by atoms with Crippen molar-refractivity contribution < 1.29 is 59.0 Å². The molecule has 0 aromatic carbocycles. The normalized spacial score (nSPS) is 8.76. The van der Waals surface area contributed by atoms with Gasteiger partial charge in [0.2, 0.25) is 0 Å².